The van der Waals surface area contributed by atoms with E-state index < -0.39 is 0 Å². The van der Waals surface area contributed by atoms with E-state index >= 15 is 0 Å². The van der Waals surface area contributed by atoms with Gasteiger partial charge in [0.15, 0.2) is 4.34 Å². The van der Waals surface area contributed by atoms with E-state index in [1.54, 1.807) is 23.1 Å². The van der Waals surface area contributed by atoms with Gasteiger partial charge in [-0.1, -0.05) is 23.9 Å². The Morgan fingerprint density at radius 3 is 2.81 bits per heavy atom. The Morgan fingerprint density at radius 2 is 2.19 bits per heavy atom. The number of rotatable bonds is 2. The van der Waals surface area contributed by atoms with Gasteiger partial charge in [0.25, 0.3) is 0 Å². The van der Waals surface area contributed by atoms with Crippen LogP contribution in [0.5, 0.6) is 0 Å². The second kappa shape index (κ2) is 4.69. The second-order valence-corrected chi connectivity index (χ2v) is 5.54. The van der Waals surface area contributed by atoms with Gasteiger partial charge in [-0.05, 0) is 25.5 Å². The standard InChI is InChI=1S/C12H10N2S2/c1-8-4-3-5-10(6-13)11(8)16-12-14-9(2)7-15-12/h3-5,7H,1-2H3. The van der Waals surface area contributed by atoms with E-state index in [4.69, 9.17) is 5.26 Å². The van der Waals surface area contributed by atoms with Crippen molar-refractivity contribution in [3.63, 3.8) is 0 Å². The van der Waals surface area contributed by atoms with Crippen molar-refractivity contribution in [2.45, 2.75) is 23.1 Å². The minimum Gasteiger partial charge on any atom is -0.235 e. The zero-order valence-electron chi connectivity index (χ0n) is 9.02. The summed E-state index contributed by atoms with van der Waals surface area (Å²) in [7, 11) is 0. The van der Waals surface area contributed by atoms with Gasteiger partial charge in [-0.2, -0.15) is 5.26 Å². The molecule has 0 unspecified atom stereocenters. The minimum absolute atomic E-state index is 0.720. The number of nitriles is 1. The molecule has 0 N–H and O–H groups in total. The maximum Gasteiger partial charge on any atom is 0.154 e. The minimum atomic E-state index is 0.720. The molecule has 1 heterocycles. The Balaban J connectivity index is 2.38. The van der Waals surface area contributed by atoms with Gasteiger partial charge in [-0.3, -0.25) is 0 Å². The number of hydrogen-bond acceptors (Lipinski definition) is 4. The highest BCUT2D eigenvalue weighted by atomic mass is 32.2. The predicted octanol–water partition coefficient (Wildman–Crippen LogP) is 3.78. The molecule has 0 spiro atoms. The molecule has 1 aromatic carbocycles. The first-order chi connectivity index (χ1) is 7.70. The predicted molar refractivity (Wildman–Crippen MR) is 66.9 cm³/mol. The zero-order valence-corrected chi connectivity index (χ0v) is 10.7. The van der Waals surface area contributed by atoms with Crippen molar-refractivity contribution < 1.29 is 0 Å². The van der Waals surface area contributed by atoms with Gasteiger partial charge in [0.1, 0.15) is 6.07 Å². The molecule has 0 aliphatic carbocycles. The van der Waals surface area contributed by atoms with E-state index in [9.17, 15) is 0 Å². The van der Waals surface area contributed by atoms with Crippen molar-refractivity contribution in [1.29, 1.82) is 5.26 Å². The molecule has 1 aromatic heterocycles. The van der Waals surface area contributed by atoms with Crippen LogP contribution in [0.1, 0.15) is 16.8 Å². The van der Waals surface area contributed by atoms with Crippen molar-refractivity contribution in [1.82, 2.24) is 4.98 Å². The van der Waals surface area contributed by atoms with Gasteiger partial charge < -0.3 is 0 Å². The van der Waals surface area contributed by atoms with Crippen LogP contribution in [0, 0.1) is 25.2 Å². The number of aromatic nitrogens is 1. The maximum atomic E-state index is 9.05. The molecule has 0 atom stereocenters. The Morgan fingerprint density at radius 1 is 1.38 bits per heavy atom. The zero-order chi connectivity index (χ0) is 11.5. The highest BCUT2D eigenvalue weighted by Gasteiger charge is 2.09. The molecule has 0 aliphatic rings. The van der Waals surface area contributed by atoms with Crippen LogP contribution in [-0.4, -0.2) is 4.98 Å². The lowest BCUT2D eigenvalue weighted by atomic mass is 10.1. The molecule has 16 heavy (non-hydrogen) atoms. The summed E-state index contributed by atoms with van der Waals surface area (Å²) in [6.07, 6.45) is 0. The molecular formula is C12H10N2S2. The van der Waals surface area contributed by atoms with Crippen molar-refractivity contribution in [3.8, 4) is 6.07 Å². The quantitative estimate of drug-likeness (QED) is 0.809. The number of benzene rings is 1. The van der Waals surface area contributed by atoms with Crippen LogP contribution in [0.25, 0.3) is 0 Å². The van der Waals surface area contributed by atoms with Gasteiger partial charge in [0, 0.05) is 16.0 Å². The van der Waals surface area contributed by atoms with Gasteiger partial charge >= 0.3 is 0 Å². The van der Waals surface area contributed by atoms with Crippen molar-refractivity contribution in [2.75, 3.05) is 0 Å². The lowest BCUT2D eigenvalue weighted by Gasteiger charge is -2.04. The number of nitrogens with zero attached hydrogens (tertiary/aromatic N) is 2. The molecule has 0 saturated carbocycles. The number of hydrogen-bond donors (Lipinski definition) is 0. The molecule has 0 fully saturated rings. The first kappa shape index (κ1) is 11.2. The summed E-state index contributed by atoms with van der Waals surface area (Å²) in [6, 6.07) is 7.99. The molecule has 2 nitrogen and oxygen atoms in total. The molecule has 0 amide bonds. The molecule has 0 aliphatic heterocycles. The molecule has 0 radical (unpaired) electrons. The summed E-state index contributed by atoms with van der Waals surface area (Å²) in [4.78, 5) is 5.41. The third-order valence-corrected chi connectivity index (χ3v) is 4.42. The van der Waals surface area contributed by atoms with E-state index in [1.165, 1.54) is 0 Å². The van der Waals surface area contributed by atoms with Crippen LogP contribution >= 0.6 is 23.1 Å². The van der Waals surface area contributed by atoms with Crippen molar-refractivity contribution in [2.24, 2.45) is 0 Å². The highest BCUT2D eigenvalue weighted by Crippen LogP contribution is 2.34. The van der Waals surface area contributed by atoms with Crippen LogP contribution in [0.15, 0.2) is 32.8 Å². The summed E-state index contributed by atoms with van der Waals surface area (Å²) in [5.41, 5.74) is 2.87. The van der Waals surface area contributed by atoms with Crippen LogP contribution in [0.4, 0.5) is 0 Å². The van der Waals surface area contributed by atoms with Crippen LogP contribution in [0.2, 0.25) is 0 Å². The smallest absolute Gasteiger partial charge is 0.154 e. The maximum absolute atomic E-state index is 9.05. The third kappa shape index (κ3) is 2.26. The summed E-state index contributed by atoms with van der Waals surface area (Å²) in [6.45, 7) is 3.99. The lowest BCUT2D eigenvalue weighted by Crippen LogP contribution is -1.85. The van der Waals surface area contributed by atoms with Gasteiger partial charge in [0.05, 0.1) is 5.56 Å². The van der Waals surface area contributed by atoms with Crippen LogP contribution in [-0.2, 0) is 0 Å². The topological polar surface area (TPSA) is 36.7 Å². The number of aryl methyl sites for hydroxylation is 2. The van der Waals surface area contributed by atoms with E-state index in [0.29, 0.717) is 0 Å². The monoisotopic (exact) mass is 246 g/mol. The first-order valence-corrected chi connectivity index (χ1v) is 6.50. The molecule has 2 aromatic rings. The van der Waals surface area contributed by atoms with E-state index in [0.717, 1.165) is 26.1 Å². The van der Waals surface area contributed by atoms with Crippen molar-refractivity contribution >= 4 is 23.1 Å². The number of thiazole rings is 1. The SMILES string of the molecule is Cc1csc(Sc2c(C)cccc2C#N)n1. The first-order valence-electron chi connectivity index (χ1n) is 4.80. The van der Waals surface area contributed by atoms with Crippen LogP contribution in [0.3, 0.4) is 0 Å². The third-order valence-electron chi connectivity index (χ3n) is 2.12. The summed E-state index contributed by atoms with van der Waals surface area (Å²) in [5.74, 6) is 0. The molecular weight excluding hydrogens is 236 g/mol. The second-order valence-electron chi connectivity index (χ2n) is 3.42. The van der Waals surface area contributed by atoms with E-state index in [2.05, 4.69) is 11.1 Å². The summed E-state index contributed by atoms with van der Waals surface area (Å²) >= 11 is 3.19. The molecule has 2 rings (SSSR count). The molecule has 0 saturated heterocycles. The fourth-order valence-corrected chi connectivity index (χ4v) is 3.27. The Bertz CT molecular complexity index is 552. The van der Waals surface area contributed by atoms with Crippen LogP contribution < -0.4 is 0 Å². The van der Waals surface area contributed by atoms with Crippen molar-refractivity contribution in [3.05, 3.63) is 40.4 Å². The Hall–Kier alpha value is -1.31. The summed E-state index contributed by atoms with van der Waals surface area (Å²) in [5, 5.41) is 11.1. The normalized spacial score (nSPS) is 10.1. The molecule has 4 heteroatoms. The van der Waals surface area contributed by atoms with Gasteiger partial charge in [0.2, 0.25) is 0 Å². The largest absolute Gasteiger partial charge is 0.235 e. The van der Waals surface area contributed by atoms with E-state index in [-0.39, 0.29) is 0 Å². The fraction of sp³-hybridized carbons (Fsp3) is 0.167. The average Bonchev–Trinajstić information content (AvgIpc) is 2.67. The average molecular weight is 246 g/mol. The van der Waals surface area contributed by atoms with Gasteiger partial charge in [-0.15, -0.1) is 11.3 Å². The van der Waals surface area contributed by atoms with E-state index in [1.807, 2.05) is 37.4 Å². The Labute approximate surface area is 103 Å². The molecule has 0 bridgehead atoms. The fourth-order valence-electron chi connectivity index (χ4n) is 1.34. The van der Waals surface area contributed by atoms with Gasteiger partial charge in [-0.25, -0.2) is 4.98 Å². The molecule has 80 valence electrons. The lowest BCUT2D eigenvalue weighted by molar-refractivity contribution is 1.15. The Kier molecular flexibility index (Phi) is 3.28. The highest BCUT2D eigenvalue weighted by molar-refractivity contribution is 8.01. The summed E-state index contributed by atoms with van der Waals surface area (Å²) < 4.78 is 0.989.